The Morgan fingerprint density at radius 3 is 2.35 bits per heavy atom. The van der Waals surface area contributed by atoms with Crippen LogP contribution in [0.1, 0.15) is 31.9 Å². The second-order valence-corrected chi connectivity index (χ2v) is 7.58. The van der Waals surface area contributed by atoms with Crippen molar-refractivity contribution in [1.82, 2.24) is 9.80 Å². The lowest BCUT2D eigenvalue weighted by Gasteiger charge is -2.34. The molecule has 1 aromatic rings. The Balaban J connectivity index is 1.68. The molecule has 5 nitrogen and oxygen atoms in total. The summed E-state index contributed by atoms with van der Waals surface area (Å²) in [5, 5.41) is 0. The van der Waals surface area contributed by atoms with E-state index in [1.807, 2.05) is 20.8 Å². The molecule has 2 aliphatic rings. The van der Waals surface area contributed by atoms with Gasteiger partial charge in [0.25, 0.3) is 0 Å². The maximum atomic E-state index is 12.2. The van der Waals surface area contributed by atoms with Crippen molar-refractivity contribution in [3.63, 3.8) is 0 Å². The van der Waals surface area contributed by atoms with Gasteiger partial charge in [0.15, 0.2) is 0 Å². The Kier molecular flexibility index (Phi) is 4.23. The molecule has 0 aliphatic carbocycles. The molecule has 126 valence electrons. The van der Waals surface area contributed by atoms with Crippen molar-refractivity contribution in [3.05, 3.63) is 29.3 Å². The average Bonchev–Trinajstić information content (AvgIpc) is 2.89. The minimum atomic E-state index is -0.448. The first-order valence-electron chi connectivity index (χ1n) is 8.35. The lowest BCUT2D eigenvalue weighted by Crippen LogP contribution is -2.44. The van der Waals surface area contributed by atoms with E-state index in [1.165, 1.54) is 16.8 Å². The van der Waals surface area contributed by atoms with Gasteiger partial charge in [-0.15, -0.1) is 0 Å². The minimum Gasteiger partial charge on any atom is -0.444 e. The molecule has 0 spiro atoms. The third-order valence-corrected chi connectivity index (χ3v) is 4.43. The molecular formula is C18H27N3O2. The van der Waals surface area contributed by atoms with Crippen LogP contribution in [0.3, 0.4) is 0 Å². The Bertz CT molecular complexity index is 586. The highest BCUT2D eigenvalue weighted by molar-refractivity contribution is 5.69. The first-order valence-corrected chi connectivity index (χ1v) is 8.35. The fraction of sp³-hybridized carbons (Fsp3) is 0.611. The van der Waals surface area contributed by atoms with Crippen molar-refractivity contribution in [2.45, 2.75) is 39.5 Å². The maximum Gasteiger partial charge on any atom is 0.410 e. The van der Waals surface area contributed by atoms with Crippen molar-refractivity contribution in [2.75, 3.05) is 38.1 Å². The van der Waals surface area contributed by atoms with Gasteiger partial charge in [-0.3, -0.25) is 4.90 Å². The van der Waals surface area contributed by atoms with E-state index in [4.69, 9.17) is 4.74 Å². The number of hydrogen-bond acceptors (Lipinski definition) is 4. The number of amides is 1. The number of anilines is 1. The summed E-state index contributed by atoms with van der Waals surface area (Å²) in [4.78, 5) is 18.8. The molecule has 23 heavy (non-hydrogen) atoms. The Labute approximate surface area is 138 Å². The fourth-order valence-electron chi connectivity index (χ4n) is 3.10. The molecule has 1 aromatic carbocycles. The number of fused-ring (bicyclic) bond motifs is 1. The SMILES string of the molecule is CN1CCN(c2ccc3c(c2)CN(C(=O)OC(C)(C)C)C3)CC1. The van der Waals surface area contributed by atoms with E-state index in [0.717, 1.165) is 26.2 Å². The molecule has 0 bridgehead atoms. The van der Waals surface area contributed by atoms with Crippen LogP contribution in [0.4, 0.5) is 10.5 Å². The summed E-state index contributed by atoms with van der Waals surface area (Å²) in [5.74, 6) is 0. The molecule has 0 saturated carbocycles. The van der Waals surface area contributed by atoms with Gasteiger partial charge in [0.2, 0.25) is 0 Å². The summed E-state index contributed by atoms with van der Waals surface area (Å²) >= 11 is 0. The van der Waals surface area contributed by atoms with Crippen molar-refractivity contribution < 1.29 is 9.53 Å². The van der Waals surface area contributed by atoms with Gasteiger partial charge in [0.1, 0.15) is 5.60 Å². The summed E-state index contributed by atoms with van der Waals surface area (Å²) in [6.45, 7) is 11.3. The summed E-state index contributed by atoms with van der Waals surface area (Å²) in [6.07, 6.45) is -0.227. The number of nitrogens with zero attached hydrogens (tertiary/aromatic N) is 3. The molecular weight excluding hydrogens is 290 g/mol. The molecule has 1 fully saturated rings. The normalized spacial score (nSPS) is 19.0. The van der Waals surface area contributed by atoms with Crippen molar-refractivity contribution in [3.8, 4) is 0 Å². The lowest BCUT2D eigenvalue weighted by atomic mass is 10.1. The summed E-state index contributed by atoms with van der Waals surface area (Å²) < 4.78 is 5.48. The maximum absolute atomic E-state index is 12.2. The van der Waals surface area contributed by atoms with Crippen LogP contribution in [0.25, 0.3) is 0 Å². The predicted molar refractivity (Wildman–Crippen MR) is 91.6 cm³/mol. The van der Waals surface area contributed by atoms with Crippen LogP contribution in [0.2, 0.25) is 0 Å². The highest BCUT2D eigenvalue weighted by atomic mass is 16.6. The fourth-order valence-corrected chi connectivity index (χ4v) is 3.10. The van der Waals surface area contributed by atoms with Crippen LogP contribution in [0, 0.1) is 0 Å². The quantitative estimate of drug-likeness (QED) is 0.798. The van der Waals surface area contributed by atoms with Crippen LogP contribution >= 0.6 is 0 Å². The first kappa shape index (κ1) is 16.1. The Morgan fingerprint density at radius 2 is 1.70 bits per heavy atom. The number of piperazine rings is 1. The lowest BCUT2D eigenvalue weighted by molar-refractivity contribution is 0.0242. The van der Waals surface area contributed by atoms with E-state index < -0.39 is 5.60 Å². The smallest absolute Gasteiger partial charge is 0.410 e. The molecule has 0 aromatic heterocycles. The summed E-state index contributed by atoms with van der Waals surface area (Å²) in [6, 6.07) is 6.58. The van der Waals surface area contributed by atoms with Gasteiger partial charge in [-0.05, 0) is 51.1 Å². The largest absolute Gasteiger partial charge is 0.444 e. The summed E-state index contributed by atoms with van der Waals surface area (Å²) in [5.41, 5.74) is 3.29. The van der Waals surface area contributed by atoms with E-state index in [1.54, 1.807) is 4.90 Å². The molecule has 0 N–H and O–H groups in total. The zero-order valence-corrected chi connectivity index (χ0v) is 14.6. The van der Waals surface area contributed by atoms with E-state index in [-0.39, 0.29) is 6.09 Å². The molecule has 2 aliphatic heterocycles. The number of benzene rings is 1. The van der Waals surface area contributed by atoms with Gasteiger partial charge in [-0.1, -0.05) is 6.07 Å². The third kappa shape index (κ3) is 3.78. The van der Waals surface area contributed by atoms with Crippen LogP contribution in [0.5, 0.6) is 0 Å². The molecule has 1 saturated heterocycles. The Morgan fingerprint density at radius 1 is 1.04 bits per heavy atom. The zero-order valence-electron chi connectivity index (χ0n) is 14.6. The second kappa shape index (κ2) is 6.04. The third-order valence-electron chi connectivity index (χ3n) is 4.43. The number of carbonyl (C=O) groups excluding carboxylic acids is 1. The molecule has 1 amide bonds. The Hall–Kier alpha value is -1.75. The number of ether oxygens (including phenoxy) is 1. The van der Waals surface area contributed by atoms with Crippen molar-refractivity contribution >= 4 is 11.8 Å². The van der Waals surface area contributed by atoms with Crippen LogP contribution in [-0.2, 0) is 17.8 Å². The van der Waals surface area contributed by atoms with Crippen LogP contribution in [-0.4, -0.2) is 54.7 Å². The number of rotatable bonds is 1. The molecule has 0 unspecified atom stereocenters. The van der Waals surface area contributed by atoms with Gasteiger partial charge in [0, 0.05) is 45.0 Å². The molecule has 2 heterocycles. The van der Waals surface area contributed by atoms with Crippen molar-refractivity contribution in [2.24, 2.45) is 0 Å². The average molecular weight is 317 g/mol. The van der Waals surface area contributed by atoms with Gasteiger partial charge < -0.3 is 14.5 Å². The molecule has 5 heteroatoms. The number of hydrogen-bond donors (Lipinski definition) is 0. The second-order valence-electron chi connectivity index (χ2n) is 7.58. The predicted octanol–water partition coefficient (Wildman–Crippen LogP) is 2.69. The zero-order chi connectivity index (χ0) is 16.6. The highest BCUT2D eigenvalue weighted by Crippen LogP contribution is 2.29. The number of likely N-dealkylation sites (N-methyl/N-ethyl adjacent to an activating group) is 1. The van der Waals surface area contributed by atoms with Gasteiger partial charge in [-0.2, -0.15) is 0 Å². The highest BCUT2D eigenvalue weighted by Gasteiger charge is 2.28. The van der Waals surface area contributed by atoms with E-state index in [2.05, 4.69) is 35.0 Å². The van der Waals surface area contributed by atoms with E-state index >= 15 is 0 Å². The van der Waals surface area contributed by atoms with Gasteiger partial charge >= 0.3 is 6.09 Å². The monoisotopic (exact) mass is 317 g/mol. The number of carbonyl (C=O) groups is 1. The summed E-state index contributed by atoms with van der Waals surface area (Å²) in [7, 11) is 2.17. The van der Waals surface area contributed by atoms with Crippen molar-refractivity contribution in [1.29, 1.82) is 0 Å². The minimum absolute atomic E-state index is 0.227. The van der Waals surface area contributed by atoms with E-state index in [9.17, 15) is 4.79 Å². The standard InChI is InChI=1S/C18H27N3O2/c1-18(2,3)23-17(22)21-12-14-5-6-16(11-15(14)13-21)20-9-7-19(4)8-10-20/h5-6,11H,7-10,12-13H2,1-4H3. The molecule has 0 atom stereocenters. The van der Waals surface area contributed by atoms with Gasteiger partial charge in [-0.25, -0.2) is 4.79 Å². The van der Waals surface area contributed by atoms with E-state index in [0.29, 0.717) is 13.1 Å². The molecule has 3 rings (SSSR count). The topological polar surface area (TPSA) is 36.0 Å². The molecule has 0 radical (unpaired) electrons. The first-order chi connectivity index (χ1) is 10.8. The van der Waals surface area contributed by atoms with Crippen LogP contribution < -0.4 is 4.90 Å². The van der Waals surface area contributed by atoms with Crippen LogP contribution in [0.15, 0.2) is 18.2 Å². The van der Waals surface area contributed by atoms with Gasteiger partial charge in [0.05, 0.1) is 0 Å².